The Bertz CT molecular complexity index is 1390. The highest BCUT2D eigenvalue weighted by molar-refractivity contribution is 7.85. The second-order valence-electron chi connectivity index (χ2n) is 8.78. The number of hydrogen-bond donors (Lipinski definition) is 0. The summed E-state index contributed by atoms with van der Waals surface area (Å²) in [6.07, 6.45) is 7.56. The van der Waals surface area contributed by atoms with E-state index in [-0.39, 0.29) is 26.1 Å². The van der Waals surface area contributed by atoms with Crippen LogP contribution in [-0.4, -0.2) is 34.9 Å². The molecule has 0 saturated carbocycles. The van der Waals surface area contributed by atoms with Gasteiger partial charge in [0.15, 0.2) is 23.9 Å². The van der Waals surface area contributed by atoms with Crippen molar-refractivity contribution in [2.75, 3.05) is 26.4 Å². The van der Waals surface area contributed by atoms with Gasteiger partial charge in [0, 0.05) is 11.5 Å². The van der Waals surface area contributed by atoms with Crippen molar-refractivity contribution in [2.24, 2.45) is 0 Å². The number of benzene rings is 2. The van der Waals surface area contributed by atoms with Gasteiger partial charge in [0.05, 0.1) is 12.9 Å². The molecule has 0 aromatic heterocycles. The average Bonchev–Trinajstić information content (AvgIpc) is 3.46. The molecule has 2 aliphatic carbocycles. The van der Waals surface area contributed by atoms with Crippen molar-refractivity contribution >= 4 is 10.1 Å². The third-order valence-corrected chi connectivity index (χ3v) is 7.49. The molecule has 1 fully saturated rings. The normalized spacial score (nSPS) is 24.3. The van der Waals surface area contributed by atoms with Gasteiger partial charge in [-0.3, -0.25) is 4.18 Å². The van der Waals surface area contributed by atoms with E-state index in [9.17, 15) is 8.42 Å². The Morgan fingerprint density at radius 1 is 1.09 bits per heavy atom. The monoisotopic (exact) mass is 480 g/mol. The van der Waals surface area contributed by atoms with Gasteiger partial charge in [-0.25, -0.2) is 0 Å². The van der Waals surface area contributed by atoms with E-state index in [4.69, 9.17) is 23.1 Å². The van der Waals surface area contributed by atoms with Crippen LogP contribution >= 0.6 is 0 Å². The predicted molar refractivity (Wildman–Crippen MR) is 125 cm³/mol. The van der Waals surface area contributed by atoms with E-state index in [1.165, 1.54) is 0 Å². The van der Waals surface area contributed by atoms with Crippen LogP contribution in [0.1, 0.15) is 30.4 Å². The Balaban J connectivity index is 1.55. The molecule has 34 heavy (non-hydrogen) atoms. The maximum atomic E-state index is 11.7. The lowest BCUT2D eigenvalue weighted by Crippen LogP contribution is -2.37. The standard InChI is InChI=1S/C26H24O7S/c1-16-18(11-12-33-34(2,27)28)25-19(17-9-10-22-23(13-17)30-14-29-22)5-3-7-21(25)26-20(16)6-4-8-24(26)31-15-32-26/h3-10,13,18H,11-12,14-15H2,1-2H3. The molecule has 8 heteroatoms. The van der Waals surface area contributed by atoms with Crippen molar-refractivity contribution in [3.63, 3.8) is 0 Å². The van der Waals surface area contributed by atoms with E-state index in [2.05, 4.69) is 25.1 Å². The highest BCUT2D eigenvalue weighted by atomic mass is 32.2. The molecule has 2 aromatic rings. The Morgan fingerprint density at radius 2 is 1.94 bits per heavy atom. The van der Waals surface area contributed by atoms with Crippen LogP contribution in [0, 0.1) is 0 Å². The van der Waals surface area contributed by atoms with Crippen LogP contribution in [-0.2, 0) is 29.4 Å². The van der Waals surface area contributed by atoms with E-state index in [0.717, 1.165) is 51.2 Å². The van der Waals surface area contributed by atoms with Crippen LogP contribution in [0.2, 0.25) is 0 Å². The summed E-state index contributed by atoms with van der Waals surface area (Å²) in [7, 11) is -3.54. The molecule has 0 amide bonds. The molecule has 0 bridgehead atoms. The quantitative estimate of drug-likeness (QED) is 0.582. The molecule has 2 atom stereocenters. The molecule has 2 unspecified atom stereocenters. The number of fused-ring (bicyclic) bond motifs is 2. The van der Waals surface area contributed by atoms with Gasteiger partial charge in [-0.1, -0.05) is 42.0 Å². The van der Waals surface area contributed by atoms with E-state index in [0.29, 0.717) is 12.2 Å². The Morgan fingerprint density at radius 3 is 2.79 bits per heavy atom. The summed E-state index contributed by atoms with van der Waals surface area (Å²) in [5.74, 6) is 2.11. The van der Waals surface area contributed by atoms with Crippen LogP contribution in [0.25, 0.3) is 11.1 Å². The number of ether oxygens (including phenoxy) is 4. The zero-order chi connectivity index (χ0) is 23.5. The number of hydrogen-bond acceptors (Lipinski definition) is 7. The zero-order valence-corrected chi connectivity index (χ0v) is 19.7. The van der Waals surface area contributed by atoms with Crippen molar-refractivity contribution in [3.8, 4) is 22.6 Å². The minimum Gasteiger partial charge on any atom is -0.468 e. The van der Waals surface area contributed by atoms with Gasteiger partial charge in [-0.15, -0.1) is 0 Å². The minimum absolute atomic E-state index is 0.0767. The molecule has 0 N–H and O–H groups in total. The van der Waals surface area contributed by atoms with Crippen LogP contribution in [0.5, 0.6) is 11.5 Å². The summed E-state index contributed by atoms with van der Waals surface area (Å²) in [6.45, 7) is 2.54. The highest BCUT2D eigenvalue weighted by Crippen LogP contribution is 2.57. The van der Waals surface area contributed by atoms with Gasteiger partial charge in [0.25, 0.3) is 10.1 Å². The van der Waals surface area contributed by atoms with Gasteiger partial charge in [0.1, 0.15) is 5.76 Å². The molecule has 0 radical (unpaired) electrons. The van der Waals surface area contributed by atoms with Crippen LogP contribution in [0.3, 0.4) is 0 Å². The van der Waals surface area contributed by atoms with Gasteiger partial charge in [-0.05, 0) is 53.8 Å². The Labute approximate surface area is 198 Å². The van der Waals surface area contributed by atoms with Crippen molar-refractivity contribution in [3.05, 3.63) is 82.7 Å². The van der Waals surface area contributed by atoms with E-state index >= 15 is 0 Å². The van der Waals surface area contributed by atoms with E-state index in [1.807, 2.05) is 36.4 Å². The molecule has 1 spiro atoms. The Kier molecular flexibility index (Phi) is 4.88. The van der Waals surface area contributed by atoms with Crippen LogP contribution in [0.4, 0.5) is 0 Å². The first-order valence-corrected chi connectivity index (χ1v) is 12.9. The SMILES string of the molecule is CC1=C2C=CC=C3OCOC32c2cccc(-c3ccc4c(c3)OCO4)c2C1CCOS(C)(=O)=O. The topological polar surface area (TPSA) is 80.3 Å². The summed E-state index contributed by atoms with van der Waals surface area (Å²) in [5.41, 5.74) is 5.41. The van der Waals surface area contributed by atoms with Crippen LogP contribution in [0.15, 0.2) is 71.5 Å². The summed E-state index contributed by atoms with van der Waals surface area (Å²) in [5, 5.41) is 0. The van der Waals surface area contributed by atoms with Gasteiger partial charge in [0.2, 0.25) is 6.79 Å². The third kappa shape index (κ3) is 3.20. The molecule has 4 aliphatic rings. The van der Waals surface area contributed by atoms with E-state index in [1.54, 1.807) is 0 Å². The summed E-state index contributed by atoms with van der Waals surface area (Å²) in [6, 6.07) is 12.1. The minimum atomic E-state index is -3.54. The molecular weight excluding hydrogens is 456 g/mol. The lowest BCUT2D eigenvalue weighted by molar-refractivity contribution is 0.00856. The van der Waals surface area contributed by atoms with Crippen molar-refractivity contribution < 1.29 is 31.5 Å². The summed E-state index contributed by atoms with van der Waals surface area (Å²) in [4.78, 5) is 0. The molecule has 6 rings (SSSR count). The first-order chi connectivity index (χ1) is 16.4. The van der Waals surface area contributed by atoms with Crippen LogP contribution < -0.4 is 9.47 Å². The molecule has 1 saturated heterocycles. The molecular formula is C26H24O7S. The van der Waals surface area contributed by atoms with Crippen molar-refractivity contribution in [1.29, 1.82) is 0 Å². The Hall–Kier alpha value is -3.07. The fourth-order valence-electron chi connectivity index (χ4n) is 5.49. The summed E-state index contributed by atoms with van der Waals surface area (Å²) < 4.78 is 51.8. The van der Waals surface area contributed by atoms with Crippen molar-refractivity contribution in [2.45, 2.75) is 24.9 Å². The largest absolute Gasteiger partial charge is 0.468 e. The number of rotatable bonds is 5. The van der Waals surface area contributed by atoms with Gasteiger partial charge < -0.3 is 18.9 Å². The smallest absolute Gasteiger partial charge is 0.264 e. The molecule has 2 aliphatic heterocycles. The fourth-order valence-corrected chi connectivity index (χ4v) is 5.89. The van der Waals surface area contributed by atoms with Crippen molar-refractivity contribution in [1.82, 2.24) is 0 Å². The molecule has 2 aromatic carbocycles. The molecule has 7 nitrogen and oxygen atoms in total. The highest BCUT2D eigenvalue weighted by Gasteiger charge is 2.53. The molecule has 176 valence electrons. The maximum Gasteiger partial charge on any atom is 0.264 e. The fraction of sp³-hybridized carbons (Fsp3) is 0.308. The first kappa shape index (κ1) is 21.5. The van der Waals surface area contributed by atoms with E-state index < -0.39 is 15.7 Å². The maximum absolute atomic E-state index is 11.7. The third-order valence-electron chi connectivity index (χ3n) is 6.90. The lowest BCUT2D eigenvalue weighted by atomic mass is 9.65. The predicted octanol–water partition coefficient (Wildman–Crippen LogP) is 4.52. The summed E-state index contributed by atoms with van der Waals surface area (Å²) >= 11 is 0. The zero-order valence-electron chi connectivity index (χ0n) is 18.9. The van der Waals surface area contributed by atoms with Gasteiger partial charge >= 0.3 is 0 Å². The second-order valence-corrected chi connectivity index (χ2v) is 10.4. The average molecular weight is 481 g/mol. The van der Waals surface area contributed by atoms with Gasteiger partial charge in [-0.2, -0.15) is 8.42 Å². The molecule has 2 heterocycles. The number of allylic oxidation sites excluding steroid dienone is 3. The lowest BCUT2D eigenvalue weighted by Gasteiger charge is -2.42. The second kappa shape index (κ2) is 7.73. The first-order valence-electron chi connectivity index (χ1n) is 11.1.